The largest absolute Gasteiger partial charge is 0.370 e. The summed E-state index contributed by atoms with van der Waals surface area (Å²) in [5, 5.41) is 0. The van der Waals surface area contributed by atoms with Gasteiger partial charge in [-0.1, -0.05) is 12.8 Å². The zero-order valence-electron chi connectivity index (χ0n) is 6.23. The van der Waals surface area contributed by atoms with Gasteiger partial charge < -0.3 is 4.81 Å². The second-order valence-electron chi connectivity index (χ2n) is 2.91. The highest BCUT2D eigenvalue weighted by Crippen LogP contribution is 2.33. The van der Waals surface area contributed by atoms with Crippen LogP contribution in [0.3, 0.4) is 0 Å². The molecular weight excluding hydrogens is 179 g/mol. The van der Waals surface area contributed by atoms with Gasteiger partial charge in [0.1, 0.15) is 0 Å². The number of hydrogen-bond donors (Lipinski definition) is 1. The lowest BCUT2D eigenvalue weighted by molar-refractivity contribution is 0.224. The third-order valence-electron chi connectivity index (χ3n) is 2.33. The summed E-state index contributed by atoms with van der Waals surface area (Å²) in [7, 11) is 1.85. The van der Waals surface area contributed by atoms with Gasteiger partial charge in [-0.05, 0) is 0 Å². The number of carbonyl (C=O) groups is 1. The summed E-state index contributed by atoms with van der Waals surface area (Å²) in [6.45, 7) is 0. The molecule has 60 valence electrons. The first-order chi connectivity index (χ1) is 5.22. The van der Waals surface area contributed by atoms with Gasteiger partial charge >= 0.3 is 6.03 Å². The van der Waals surface area contributed by atoms with Crippen LogP contribution in [0.25, 0.3) is 0 Å². The van der Waals surface area contributed by atoms with E-state index in [0.717, 1.165) is 11.5 Å². The fourth-order valence-electron chi connectivity index (χ4n) is 1.58. The minimum Gasteiger partial charge on any atom is -0.370 e. The molecular formula is C5H9BN2OS2. The van der Waals surface area contributed by atoms with Gasteiger partial charge in [-0.15, -0.1) is 0 Å². The molecule has 2 atom stereocenters. The van der Waals surface area contributed by atoms with Crippen LogP contribution in [0.4, 0.5) is 4.79 Å². The highest BCUT2D eigenvalue weighted by molar-refractivity contribution is 7.99. The summed E-state index contributed by atoms with van der Waals surface area (Å²) >= 11 is 6.04. The molecule has 2 aliphatic heterocycles. The molecule has 2 saturated heterocycles. The first-order valence-electron chi connectivity index (χ1n) is 3.54. The molecule has 11 heavy (non-hydrogen) atoms. The molecule has 2 heterocycles. The van der Waals surface area contributed by atoms with Crippen molar-refractivity contribution >= 4 is 38.6 Å². The number of thiol groups is 1. The second kappa shape index (κ2) is 2.52. The third-order valence-corrected chi connectivity index (χ3v) is 3.95. The number of amides is 2. The average molecular weight is 188 g/mol. The quantitative estimate of drug-likeness (QED) is 0.317. The molecule has 2 amide bonds. The van der Waals surface area contributed by atoms with Crippen molar-refractivity contribution in [3.05, 3.63) is 0 Å². The first kappa shape index (κ1) is 7.67. The molecule has 0 bridgehead atoms. The van der Waals surface area contributed by atoms with E-state index in [2.05, 4.69) is 12.8 Å². The Morgan fingerprint density at radius 3 is 2.82 bits per heavy atom. The van der Waals surface area contributed by atoms with Crippen LogP contribution < -0.4 is 0 Å². The lowest BCUT2D eigenvalue weighted by atomic mass is 10.1. The number of hydrogen-bond acceptors (Lipinski definition) is 3. The van der Waals surface area contributed by atoms with Crippen molar-refractivity contribution in [2.24, 2.45) is 0 Å². The average Bonchev–Trinajstić information content (AvgIpc) is 2.53. The molecule has 0 saturated carbocycles. The van der Waals surface area contributed by atoms with E-state index in [4.69, 9.17) is 0 Å². The van der Waals surface area contributed by atoms with Crippen molar-refractivity contribution < 1.29 is 4.79 Å². The molecule has 0 N–H and O–H groups in total. The van der Waals surface area contributed by atoms with Crippen LogP contribution in [0.2, 0.25) is 0 Å². The van der Waals surface area contributed by atoms with E-state index in [0.29, 0.717) is 12.1 Å². The molecule has 0 aromatic carbocycles. The van der Waals surface area contributed by atoms with E-state index in [9.17, 15) is 4.79 Å². The number of rotatable bonds is 0. The number of thioether (sulfide) groups is 1. The molecule has 0 aromatic heterocycles. The van der Waals surface area contributed by atoms with E-state index < -0.39 is 0 Å². The zero-order chi connectivity index (χ0) is 8.01. The van der Waals surface area contributed by atoms with Gasteiger partial charge in [0, 0.05) is 11.5 Å². The lowest BCUT2D eigenvalue weighted by Gasteiger charge is -2.14. The molecule has 2 rings (SSSR count). The first-order valence-corrected chi connectivity index (χ1v) is 5.10. The van der Waals surface area contributed by atoms with Crippen LogP contribution in [-0.4, -0.2) is 46.7 Å². The predicted molar refractivity (Wildman–Crippen MR) is 51.5 cm³/mol. The second-order valence-corrected chi connectivity index (χ2v) is 4.42. The minimum absolute atomic E-state index is 0.0450. The molecule has 0 spiro atoms. The molecule has 3 nitrogen and oxygen atoms in total. The fraction of sp³-hybridized carbons (Fsp3) is 0.800. The summed E-state index contributed by atoms with van der Waals surface area (Å²) in [6.07, 6.45) is 0. The Bertz CT molecular complexity index is 185. The number of carbonyl (C=O) groups excluding carboxylic acids is 1. The summed E-state index contributed by atoms with van der Waals surface area (Å²) in [5.74, 6) is 2.09. The Balaban J connectivity index is 2.23. The smallest absolute Gasteiger partial charge is 0.317 e. The fourth-order valence-corrected chi connectivity index (χ4v) is 3.50. The predicted octanol–water partition coefficient (Wildman–Crippen LogP) is -0.399. The summed E-state index contributed by atoms with van der Waals surface area (Å²) in [5.41, 5.74) is 0. The Morgan fingerprint density at radius 2 is 2.18 bits per heavy atom. The SMILES string of the molecule is BN1C(=O)N(S)C2CSCC21. The normalized spacial score (nSPS) is 36.6. The molecule has 0 aromatic rings. The Kier molecular flexibility index (Phi) is 1.76. The minimum atomic E-state index is 0.0450. The van der Waals surface area contributed by atoms with Crippen LogP contribution >= 0.6 is 24.6 Å². The maximum atomic E-state index is 11.3. The number of fused-ring (bicyclic) bond motifs is 1. The van der Waals surface area contributed by atoms with Gasteiger partial charge in [0.15, 0.2) is 0 Å². The van der Waals surface area contributed by atoms with Crippen molar-refractivity contribution in [3.8, 4) is 0 Å². The molecule has 2 unspecified atom stereocenters. The van der Waals surface area contributed by atoms with E-state index in [1.807, 2.05) is 19.7 Å². The molecule has 0 aliphatic carbocycles. The lowest BCUT2D eigenvalue weighted by Crippen LogP contribution is -2.33. The number of urea groups is 1. The molecule has 2 fully saturated rings. The van der Waals surface area contributed by atoms with Crippen molar-refractivity contribution in [2.45, 2.75) is 12.1 Å². The maximum absolute atomic E-state index is 11.3. The Morgan fingerprint density at radius 1 is 1.55 bits per heavy atom. The third kappa shape index (κ3) is 0.956. The van der Waals surface area contributed by atoms with Crippen LogP contribution in [0.15, 0.2) is 0 Å². The maximum Gasteiger partial charge on any atom is 0.317 e. The highest BCUT2D eigenvalue weighted by Gasteiger charge is 2.44. The Labute approximate surface area is 76.5 Å². The van der Waals surface area contributed by atoms with Gasteiger partial charge in [-0.25, -0.2) is 4.79 Å². The summed E-state index contributed by atoms with van der Waals surface area (Å²) in [6, 6.07) is 0.773. The number of nitrogens with zero attached hydrogens (tertiary/aromatic N) is 2. The highest BCUT2D eigenvalue weighted by atomic mass is 32.2. The van der Waals surface area contributed by atoms with E-state index in [1.165, 1.54) is 0 Å². The molecule has 2 aliphatic rings. The standard InChI is InChI=1S/C5H9BN2OS2/c6-7-3-1-11-2-4(3)8(10)5(7)9/h3-4,10H,1-2,6H2. The topological polar surface area (TPSA) is 23.6 Å². The molecule has 0 radical (unpaired) electrons. The van der Waals surface area contributed by atoms with E-state index in [-0.39, 0.29) is 6.03 Å². The van der Waals surface area contributed by atoms with Crippen molar-refractivity contribution in [1.82, 2.24) is 9.12 Å². The molecule has 6 heteroatoms. The van der Waals surface area contributed by atoms with Crippen molar-refractivity contribution in [2.75, 3.05) is 11.5 Å². The van der Waals surface area contributed by atoms with Gasteiger partial charge in [-0.3, -0.25) is 4.31 Å². The van der Waals surface area contributed by atoms with Crippen LogP contribution in [0.5, 0.6) is 0 Å². The van der Waals surface area contributed by atoms with Crippen LogP contribution in [0, 0.1) is 0 Å². The van der Waals surface area contributed by atoms with Crippen molar-refractivity contribution in [1.29, 1.82) is 0 Å². The summed E-state index contributed by atoms with van der Waals surface area (Å²) in [4.78, 5) is 13.1. The monoisotopic (exact) mass is 188 g/mol. The summed E-state index contributed by atoms with van der Waals surface area (Å²) < 4.78 is 1.56. The van der Waals surface area contributed by atoms with Crippen LogP contribution in [-0.2, 0) is 0 Å². The van der Waals surface area contributed by atoms with E-state index >= 15 is 0 Å². The van der Waals surface area contributed by atoms with E-state index in [1.54, 1.807) is 9.12 Å². The Hall–Kier alpha value is 0.0349. The van der Waals surface area contributed by atoms with Crippen LogP contribution in [0.1, 0.15) is 0 Å². The van der Waals surface area contributed by atoms with Gasteiger partial charge in [-0.2, -0.15) is 11.8 Å². The van der Waals surface area contributed by atoms with Gasteiger partial charge in [0.05, 0.1) is 12.1 Å². The van der Waals surface area contributed by atoms with Crippen molar-refractivity contribution in [3.63, 3.8) is 0 Å². The van der Waals surface area contributed by atoms with Gasteiger partial charge in [0.25, 0.3) is 0 Å². The zero-order valence-corrected chi connectivity index (χ0v) is 7.94. The van der Waals surface area contributed by atoms with Gasteiger partial charge in [0.2, 0.25) is 7.98 Å².